The van der Waals surface area contributed by atoms with Crippen molar-refractivity contribution in [3.8, 4) is 22.6 Å². The fraction of sp³-hybridized carbons (Fsp3) is 0.0400. The van der Waals surface area contributed by atoms with Crippen molar-refractivity contribution in [1.82, 2.24) is 0 Å². The van der Waals surface area contributed by atoms with E-state index in [4.69, 9.17) is 4.74 Å². The molecule has 2 nitrogen and oxygen atoms in total. The highest BCUT2D eigenvalue weighted by Gasteiger charge is 2.50. The van der Waals surface area contributed by atoms with Gasteiger partial charge in [0.1, 0.15) is 0 Å². The maximum atomic E-state index is 6.27. The number of rotatable bonds is 5. The summed E-state index contributed by atoms with van der Waals surface area (Å²) in [6.45, 7) is 4.74. The van der Waals surface area contributed by atoms with E-state index in [0.29, 0.717) is 0 Å². The molecule has 8 aromatic rings. The molecule has 8 aromatic carbocycles. The first kappa shape index (κ1) is 32.3. The van der Waals surface area contributed by atoms with Crippen LogP contribution in [0.1, 0.15) is 11.1 Å². The molecule has 0 bridgehead atoms. The predicted octanol–water partition coefficient (Wildman–Crippen LogP) is 7.75. The zero-order chi connectivity index (χ0) is 36.2. The predicted molar refractivity (Wildman–Crippen MR) is 231 cm³/mol. The Bertz CT molecular complexity index is 2520. The Kier molecular flexibility index (Phi) is 7.74. The van der Waals surface area contributed by atoms with Crippen LogP contribution in [-0.4, -0.2) is 14.8 Å². The Morgan fingerprint density at radius 3 is 1.41 bits per heavy atom. The first-order chi connectivity index (χ1) is 26.6. The molecule has 0 fully saturated rings. The van der Waals surface area contributed by atoms with Gasteiger partial charge in [-0.3, -0.25) is 0 Å². The first-order valence-corrected chi connectivity index (χ1v) is 20.8. The SMILES string of the molecule is Cc1cc(-c2ccc(N3c4ccccc4Oc4ccccc43)cc2)cc(C)c1B1c2ccccc2[Si](c2ccccc2)(c2ccccc2)c2ccccc21. The summed E-state index contributed by atoms with van der Waals surface area (Å²) >= 11 is 0. The summed E-state index contributed by atoms with van der Waals surface area (Å²) in [4.78, 5) is 2.30. The van der Waals surface area contributed by atoms with E-state index in [2.05, 4.69) is 189 Å². The number of benzene rings is 8. The highest BCUT2D eigenvalue weighted by molar-refractivity contribution is 7.26. The van der Waals surface area contributed by atoms with Gasteiger partial charge in [-0.05, 0) is 82.1 Å². The van der Waals surface area contributed by atoms with Crippen LogP contribution in [0.25, 0.3) is 11.1 Å². The lowest BCUT2D eigenvalue weighted by Gasteiger charge is -2.43. The van der Waals surface area contributed by atoms with Crippen LogP contribution in [0.15, 0.2) is 194 Å². The molecule has 2 heterocycles. The third-order valence-corrected chi connectivity index (χ3v) is 16.5. The van der Waals surface area contributed by atoms with E-state index in [1.54, 1.807) is 0 Å². The van der Waals surface area contributed by atoms with Gasteiger partial charge < -0.3 is 9.64 Å². The van der Waals surface area contributed by atoms with Gasteiger partial charge in [0.15, 0.2) is 19.6 Å². The van der Waals surface area contributed by atoms with Crippen molar-refractivity contribution in [2.45, 2.75) is 13.8 Å². The van der Waals surface area contributed by atoms with Gasteiger partial charge in [0.2, 0.25) is 6.71 Å². The van der Waals surface area contributed by atoms with E-state index in [1.165, 1.54) is 59.4 Å². The number of aryl methyl sites for hydroxylation is 2. The standard InChI is InChI=1S/C50H38BNOSi/c1-35-33-38(37-29-31-39(32-30-37)52-44-23-11-13-25-46(44)53-47-26-14-12-24-45(47)52)34-36(2)50(35)51-42-21-9-15-27-48(42)54(40-17-5-3-6-18-40,41-19-7-4-8-20-41)49-28-16-10-22-43(49)51/h3-34H,1-2H3. The van der Waals surface area contributed by atoms with Gasteiger partial charge in [0.05, 0.1) is 11.4 Å². The van der Waals surface area contributed by atoms with Crippen LogP contribution < -0.4 is 46.8 Å². The number of nitrogens with zero attached hydrogens (tertiary/aromatic N) is 1. The lowest BCUT2D eigenvalue weighted by molar-refractivity contribution is 0.477. The van der Waals surface area contributed by atoms with Crippen LogP contribution in [0.5, 0.6) is 11.5 Å². The van der Waals surface area contributed by atoms with E-state index in [9.17, 15) is 0 Å². The molecule has 0 amide bonds. The second-order valence-corrected chi connectivity index (χ2v) is 18.3. The molecule has 2 aliphatic rings. The van der Waals surface area contributed by atoms with Gasteiger partial charge in [-0.25, -0.2) is 0 Å². The number of ether oxygens (including phenoxy) is 1. The molecule has 4 heteroatoms. The third kappa shape index (κ3) is 4.94. The van der Waals surface area contributed by atoms with Gasteiger partial charge in [-0.1, -0.05) is 185 Å². The van der Waals surface area contributed by atoms with E-state index >= 15 is 0 Å². The molecule has 0 spiro atoms. The molecule has 0 saturated heterocycles. The van der Waals surface area contributed by atoms with E-state index in [0.717, 1.165) is 28.6 Å². The summed E-state index contributed by atoms with van der Waals surface area (Å²) in [6, 6.07) is 71.5. The number of para-hydroxylation sites is 4. The molecular formula is C50H38BNOSi. The van der Waals surface area contributed by atoms with Crippen LogP contribution in [0, 0.1) is 13.8 Å². The molecule has 0 aliphatic carbocycles. The summed E-state index contributed by atoms with van der Waals surface area (Å²) in [6.07, 6.45) is 0. The Hall–Kier alpha value is -6.36. The van der Waals surface area contributed by atoms with Crippen molar-refractivity contribution in [3.05, 3.63) is 205 Å². The lowest BCUT2D eigenvalue weighted by atomic mass is 9.35. The lowest BCUT2D eigenvalue weighted by Crippen LogP contribution is -2.86. The topological polar surface area (TPSA) is 12.5 Å². The van der Waals surface area contributed by atoms with Crippen molar-refractivity contribution in [3.63, 3.8) is 0 Å². The smallest absolute Gasteiger partial charge is 0.241 e. The molecule has 256 valence electrons. The van der Waals surface area contributed by atoms with E-state index in [-0.39, 0.29) is 6.71 Å². The highest BCUT2D eigenvalue weighted by atomic mass is 28.3. The van der Waals surface area contributed by atoms with Gasteiger partial charge in [-0.2, -0.15) is 0 Å². The number of fused-ring (bicyclic) bond motifs is 4. The number of hydrogen-bond acceptors (Lipinski definition) is 2. The summed E-state index contributed by atoms with van der Waals surface area (Å²) in [5, 5.41) is 5.81. The average molecular weight is 708 g/mol. The van der Waals surface area contributed by atoms with Crippen molar-refractivity contribution in [1.29, 1.82) is 0 Å². The number of hydrogen-bond donors (Lipinski definition) is 0. The summed E-state index contributed by atoms with van der Waals surface area (Å²) in [7, 11) is -2.63. The minimum Gasteiger partial charge on any atom is -0.453 e. The second kappa shape index (κ2) is 12.9. The normalized spacial score (nSPS) is 13.6. The molecule has 0 aromatic heterocycles. The molecular weight excluding hydrogens is 669 g/mol. The summed E-state index contributed by atoms with van der Waals surface area (Å²) in [5.74, 6) is 1.72. The maximum absolute atomic E-state index is 6.27. The van der Waals surface area contributed by atoms with Gasteiger partial charge in [0, 0.05) is 5.69 Å². The average Bonchev–Trinajstić information content (AvgIpc) is 3.23. The van der Waals surface area contributed by atoms with Crippen molar-refractivity contribution < 1.29 is 4.74 Å². The zero-order valence-electron chi connectivity index (χ0n) is 30.4. The molecule has 10 rings (SSSR count). The minimum absolute atomic E-state index is 0.128. The fourth-order valence-electron chi connectivity index (χ4n) is 9.35. The molecule has 0 unspecified atom stereocenters. The third-order valence-electron chi connectivity index (χ3n) is 11.5. The molecule has 0 saturated carbocycles. The van der Waals surface area contributed by atoms with Crippen molar-refractivity contribution in [2.24, 2.45) is 0 Å². The van der Waals surface area contributed by atoms with E-state index < -0.39 is 8.07 Å². The summed E-state index contributed by atoms with van der Waals surface area (Å²) < 4.78 is 6.27. The number of anilines is 3. The largest absolute Gasteiger partial charge is 0.453 e. The van der Waals surface area contributed by atoms with Crippen molar-refractivity contribution >= 4 is 69.0 Å². The molecule has 54 heavy (non-hydrogen) atoms. The van der Waals surface area contributed by atoms with Gasteiger partial charge in [-0.15, -0.1) is 0 Å². The van der Waals surface area contributed by atoms with Crippen LogP contribution in [0.2, 0.25) is 0 Å². The Morgan fingerprint density at radius 1 is 0.444 bits per heavy atom. The van der Waals surface area contributed by atoms with Crippen LogP contribution in [0.4, 0.5) is 17.1 Å². The Labute approximate surface area is 319 Å². The van der Waals surface area contributed by atoms with Gasteiger partial charge >= 0.3 is 0 Å². The van der Waals surface area contributed by atoms with Gasteiger partial charge in [0.25, 0.3) is 0 Å². The molecule has 0 radical (unpaired) electrons. The molecule has 2 aliphatic heterocycles. The maximum Gasteiger partial charge on any atom is 0.241 e. The first-order valence-electron chi connectivity index (χ1n) is 18.8. The quantitative estimate of drug-likeness (QED) is 0.170. The Morgan fingerprint density at radius 2 is 0.889 bits per heavy atom. The Balaban J connectivity index is 1.09. The zero-order valence-corrected chi connectivity index (χ0v) is 31.4. The summed E-state index contributed by atoms with van der Waals surface area (Å²) in [5.41, 5.74) is 12.5. The molecule has 0 N–H and O–H groups in total. The minimum atomic E-state index is -2.63. The van der Waals surface area contributed by atoms with Crippen molar-refractivity contribution in [2.75, 3.05) is 4.90 Å². The fourth-order valence-corrected chi connectivity index (χ4v) is 14.6. The monoisotopic (exact) mass is 707 g/mol. The highest BCUT2D eigenvalue weighted by Crippen LogP contribution is 2.50. The molecule has 0 atom stereocenters. The van der Waals surface area contributed by atoms with Crippen LogP contribution in [0.3, 0.4) is 0 Å². The van der Waals surface area contributed by atoms with Crippen LogP contribution >= 0.6 is 0 Å². The second-order valence-electron chi connectivity index (χ2n) is 14.5. The van der Waals surface area contributed by atoms with Crippen LogP contribution in [-0.2, 0) is 0 Å². The van der Waals surface area contributed by atoms with E-state index in [1.807, 2.05) is 24.3 Å².